The molecule has 3 N–H and O–H groups in total. The van der Waals surface area contributed by atoms with Gasteiger partial charge in [-0.15, -0.1) is 0 Å². The van der Waals surface area contributed by atoms with Crippen LogP contribution in [0.3, 0.4) is 0 Å². The molecule has 10 heteroatoms. The summed E-state index contributed by atoms with van der Waals surface area (Å²) in [7, 11) is 0. The molecule has 1 fully saturated rings. The maximum absolute atomic E-state index is 13.0. The molecule has 2 aliphatic rings. The Kier molecular flexibility index (Phi) is 7.65. The van der Waals surface area contributed by atoms with Crippen LogP contribution >= 0.6 is 0 Å². The van der Waals surface area contributed by atoms with E-state index in [0.717, 1.165) is 28.1 Å². The van der Waals surface area contributed by atoms with Gasteiger partial charge in [0.2, 0.25) is 11.8 Å². The Hall–Kier alpha value is -5.38. The number of aromatic nitrogens is 2. The topological polar surface area (TPSA) is 133 Å². The smallest absolute Gasteiger partial charge is 0.319 e. The van der Waals surface area contributed by atoms with Crippen molar-refractivity contribution in [1.29, 1.82) is 0 Å². The maximum atomic E-state index is 13.0. The van der Waals surface area contributed by atoms with Crippen LogP contribution in [-0.2, 0) is 28.1 Å². The van der Waals surface area contributed by atoms with Crippen molar-refractivity contribution in [3.63, 3.8) is 0 Å². The fourth-order valence-electron chi connectivity index (χ4n) is 5.62. The number of fused-ring (bicyclic) bond motifs is 1. The Morgan fingerprint density at radius 1 is 0.955 bits per heavy atom. The number of piperidine rings is 1. The Morgan fingerprint density at radius 3 is 2.39 bits per heavy atom. The zero-order valence-corrected chi connectivity index (χ0v) is 24.5. The summed E-state index contributed by atoms with van der Waals surface area (Å²) in [6.07, 6.45) is 4.81. The monoisotopic (exact) mass is 588 g/mol. The van der Waals surface area contributed by atoms with Crippen molar-refractivity contribution in [2.75, 3.05) is 5.32 Å². The summed E-state index contributed by atoms with van der Waals surface area (Å²) in [4.78, 5) is 60.3. The SMILES string of the molecule is CC(C)(NC(=O)Nc1ccc2c(c1)CN(C1CCC(=O)NC1=O)C2=O)c1ccc(-c2cnc(Cc3ccccc3)nc2)cc1. The van der Waals surface area contributed by atoms with Crippen LogP contribution in [-0.4, -0.2) is 44.7 Å². The summed E-state index contributed by atoms with van der Waals surface area (Å²) >= 11 is 0. The number of rotatable bonds is 7. The quantitative estimate of drug-likeness (QED) is 0.271. The molecule has 6 rings (SSSR count). The molecule has 3 heterocycles. The summed E-state index contributed by atoms with van der Waals surface area (Å²) in [6, 6.07) is 22.0. The predicted octanol–water partition coefficient (Wildman–Crippen LogP) is 4.55. The van der Waals surface area contributed by atoms with Crippen LogP contribution in [0, 0.1) is 0 Å². The number of hydrogen-bond donors (Lipinski definition) is 3. The standard InChI is InChI=1S/C34H32N6O4/c1-34(2,25-10-8-22(9-11-25)24-18-35-29(36-19-24)16-21-6-4-3-5-7-21)39-33(44)37-26-12-13-27-23(17-26)20-40(32(27)43)28-14-15-30(41)38-31(28)42/h3-13,17-19,28H,14-16,20H2,1-2H3,(H2,37,39,44)(H,38,41,42). The summed E-state index contributed by atoms with van der Waals surface area (Å²) in [6.45, 7) is 4.07. The van der Waals surface area contributed by atoms with Gasteiger partial charge in [0.15, 0.2) is 0 Å². The van der Waals surface area contributed by atoms with Crippen molar-refractivity contribution in [1.82, 2.24) is 25.5 Å². The van der Waals surface area contributed by atoms with E-state index < -0.39 is 23.5 Å². The number of amides is 5. The Morgan fingerprint density at radius 2 is 1.68 bits per heavy atom. The molecule has 0 radical (unpaired) electrons. The third-order valence-corrected chi connectivity index (χ3v) is 8.06. The van der Waals surface area contributed by atoms with E-state index in [1.54, 1.807) is 18.2 Å². The largest absolute Gasteiger partial charge is 0.329 e. The highest BCUT2D eigenvalue weighted by molar-refractivity contribution is 6.05. The minimum atomic E-state index is -0.689. The molecule has 0 saturated carbocycles. The molecular formula is C34H32N6O4. The molecule has 44 heavy (non-hydrogen) atoms. The molecule has 1 unspecified atom stereocenters. The lowest BCUT2D eigenvalue weighted by atomic mass is 9.93. The second kappa shape index (κ2) is 11.7. The highest BCUT2D eigenvalue weighted by atomic mass is 16.2. The Bertz CT molecular complexity index is 1740. The van der Waals surface area contributed by atoms with Gasteiger partial charge in [0.05, 0.1) is 5.54 Å². The number of carbonyl (C=O) groups is 4. The number of nitrogens with one attached hydrogen (secondary N) is 3. The molecule has 1 aromatic heterocycles. The predicted molar refractivity (Wildman–Crippen MR) is 164 cm³/mol. The third-order valence-electron chi connectivity index (χ3n) is 8.06. The Labute approximate surface area is 254 Å². The Balaban J connectivity index is 1.07. The van der Waals surface area contributed by atoms with E-state index >= 15 is 0 Å². The first-order valence-electron chi connectivity index (χ1n) is 14.5. The van der Waals surface area contributed by atoms with Gasteiger partial charge in [0.1, 0.15) is 11.9 Å². The summed E-state index contributed by atoms with van der Waals surface area (Å²) in [5.74, 6) is -0.286. The maximum Gasteiger partial charge on any atom is 0.319 e. The normalized spacial score (nSPS) is 16.4. The summed E-state index contributed by atoms with van der Waals surface area (Å²) in [5, 5.41) is 8.19. The van der Waals surface area contributed by atoms with Crippen LogP contribution < -0.4 is 16.0 Å². The second-order valence-electron chi connectivity index (χ2n) is 11.6. The van der Waals surface area contributed by atoms with Crippen molar-refractivity contribution >= 4 is 29.4 Å². The third kappa shape index (κ3) is 6.05. The first-order chi connectivity index (χ1) is 21.2. The number of imide groups is 1. The van der Waals surface area contributed by atoms with Crippen LogP contribution in [0.5, 0.6) is 0 Å². The molecule has 2 aliphatic heterocycles. The van der Waals surface area contributed by atoms with E-state index in [0.29, 0.717) is 29.7 Å². The highest BCUT2D eigenvalue weighted by Gasteiger charge is 2.39. The number of carbonyl (C=O) groups excluding carboxylic acids is 4. The van der Waals surface area contributed by atoms with Gasteiger partial charge < -0.3 is 15.5 Å². The fraction of sp³-hybridized carbons (Fsp3) is 0.235. The first kappa shape index (κ1) is 28.7. The van der Waals surface area contributed by atoms with Gasteiger partial charge in [0.25, 0.3) is 5.91 Å². The van der Waals surface area contributed by atoms with E-state index in [1.165, 1.54) is 4.90 Å². The lowest BCUT2D eigenvalue weighted by Crippen LogP contribution is -2.52. The minimum Gasteiger partial charge on any atom is -0.329 e. The van der Waals surface area contributed by atoms with E-state index in [1.807, 2.05) is 68.7 Å². The number of benzene rings is 3. The molecule has 1 saturated heterocycles. The van der Waals surface area contributed by atoms with E-state index in [9.17, 15) is 19.2 Å². The molecule has 1 atom stereocenters. The minimum absolute atomic E-state index is 0.193. The average molecular weight is 589 g/mol. The summed E-state index contributed by atoms with van der Waals surface area (Å²) < 4.78 is 0. The number of nitrogens with zero attached hydrogens (tertiary/aromatic N) is 3. The van der Waals surface area contributed by atoms with E-state index in [2.05, 4.69) is 38.1 Å². The van der Waals surface area contributed by atoms with E-state index in [-0.39, 0.29) is 24.8 Å². The molecule has 10 nitrogen and oxygen atoms in total. The van der Waals surface area contributed by atoms with Gasteiger partial charge in [-0.25, -0.2) is 14.8 Å². The van der Waals surface area contributed by atoms with Gasteiger partial charge in [-0.3, -0.25) is 19.7 Å². The number of urea groups is 1. The van der Waals surface area contributed by atoms with Crippen LogP contribution in [0.25, 0.3) is 11.1 Å². The summed E-state index contributed by atoms with van der Waals surface area (Å²) in [5.41, 5.74) is 4.99. The molecular weight excluding hydrogens is 556 g/mol. The highest BCUT2D eigenvalue weighted by Crippen LogP contribution is 2.30. The van der Waals surface area contributed by atoms with Crippen molar-refractivity contribution in [2.24, 2.45) is 0 Å². The molecule has 3 aromatic carbocycles. The average Bonchev–Trinajstić information content (AvgIpc) is 3.33. The molecule has 0 aliphatic carbocycles. The van der Waals surface area contributed by atoms with Crippen LogP contribution in [0.2, 0.25) is 0 Å². The fourth-order valence-corrected chi connectivity index (χ4v) is 5.62. The van der Waals surface area contributed by atoms with Gasteiger partial charge in [0, 0.05) is 48.6 Å². The van der Waals surface area contributed by atoms with Crippen molar-refractivity contribution in [3.05, 3.63) is 113 Å². The molecule has 4 aromatic rings. The lowest BCUT2D eigenvalue weighted by molar-refractivity contribution is -0.136. The molecule has 5 amide bonds. The van der Waals surface area contributed by atoms with Gasteiger partial charge in [-0.05, 0) is 60.7 Å². The molecule has 222 valence electrons. The van der Waals surface area contributed by atoms with Crippen LogP contribution in [0.4, 0.5) is 10.5 Å². The van der Waals surface area contributed by atoms with E-state index in [4.69, 9.17) is 0 Å². The molecule has 0 bridgehead atoms. The van der Waals surface area contributed by atoms with Crippen molar-refractivity contribution < 1.29 is 19.2 Å². The lowest BCUT2D eigenvalue weighted by Gasteiger charge is -2.29. The van der Waals surface area contributed by atoms with Gasteiger partial charge >= 0.3 is 6.03 Å². The van der Waals surface area contributed by atoms with Crippen LogP contribution in [0.1, 0.15) is 59.6 Å². The zero-order chi connectivity index (χ0) is 30.8. The van der Waals surface area contributed by atoms with Crippen molar-refractivity contribution in [2.45, 2.75) is 51.2 Å². The van der Waals surface area contributed by atoms with Gasteiger partial charge in [-0.2, -0.15) is 0 Å². The second-order valence-corrected chi connectivity index (χ2v) is 11.6. The number of hydrogen-bond acceptors (Lipinski definition) is 6. The van der Waals surface area contributed by atoms with Crippen LogP contribution in [0.15, 0.2) is 85.2 Å². The van der Waals surface area contributed by atoms with Gasteiger partial charge in [-0.1, -0.05) is 54.6 Å². The molecule has 0 spiro atoms. The van der Waals surface area contributed by atoms with Crippen molar-refractivity contribution in [3.8, 4) is 11.1 Å². The first-order valence-corrected chi connectivity index (χ1v) is 14.5. The number of anilines is 1. The zero-order valence-electron chi connectivity index (χ0n) is 24.5.